The SMILES string of the molecule is CCn1nc(C)c(Cl)c1CC(N)c1csc(I)c1. The van der Waals surface area contributed by atoms with Crippen LogP contribution < -0.4 is 5.73 Å². The van der Waals surface area contributed by atoms with E-state index in [0.717, 1.165) is 29.4 Å². The Balaban J connectivity index is 2.23. The second kappa shape index (κ2) is 5.90. The third kappa shape index (κ3) is 2.89. The lowest BCUT2D eigenvalue weighted by atomic mass is 10.1. The highest BCUT2D eigenvalue weighted by Crippen LogP contribution is 2.27. The van der Waals surface area contributed by atoms with E-state index in [1.807, 2.05) is 11.6 Å². The maximum Gasteiger partial charge on any atom is 0.0847 e. The van der Waals surface area contributed by atoms with E-state index in [4.69, 9.17) is 17.3 Å². The molecule has 2 aromatic rings. The summed E-state index contributed by atoms with van der Waals surface area (Å²) in [5, 5.41) is 7.27. The molecule has 98 valence electrons. The number of nitrogens with zero attached hydrogens (tertiary/aromatic N) is 2. The zero-order valence-corrected chi connectivity index (χ0v) is 14.0. The maximum atomic E-state index is 6.29. The zero-order chi connectivity index (χ0) is 13.3. The van der Waals surface area contributed by atoms with Gasteiger partial charge in [-0.2, -0.15) is 5.10 Å². The number of aryl methyl sites for hydroxylation is 2. The molecule has 0 radical (unpaired) electrons. The summed E-state index contributed by atoms with van der Waals surface area (Å²) in [7, 11) is 0. The first-order valence-electron chi connectivity index (χ1n) is 5.74. The Morgan fingerprint density at radius 3 is 2.89 bits per heavy atom. The van der Waals surface area contributed by atoms with Crippen LogP contribution in [0.25, 0.3) is 0 Å². The predicted molar refractivity (Wildman–Crippen MR) is 85.3 cm³/mol. The van der Waals surface area contributed by atoms with Crippen molar-refractivity contribution in [2.45, 2.75) is 32.9 Å². The molecule has 0 aliphatic rings. The van der Waals surface area contributed by atoms with Crippen LogP contribution in [0, 0.1) is 9.81 Å². The van der Waals surface area contributed by atoms with Crippen LogP contribution in [0.1, 0.15) is 29.9 Å². The highest BCUT2D eigenvalue weighted by Gasteiger charge is 2.17. The summed E-state index contributed by atoms with van der Waals surface area (Å²) in [6.07, 6.45) is 0.723. The molecule has 3 nitrogen and oxygen atoms in total. The van der Waals surface area contributed by atoms with Crippen LogP contribution in [-0.4, -0.2) is 9.78 Å². The molecule has 0 spiro atoms. The fourth-order valence-corrected chi connectivity index (χ4v) is 3.56. The second-order valence-corrected chi connectivity index (χ2v) is 7.34. The number of aromatic nitrogens is 2. The molecule has 0 aliphatic heterocycles. The summed E-state index contributed by atoms with van der Waals surface area (Å²) in [6.45, 7) is 4.80. The average molecular weight is 396 g/mol. The summed E-state index contributed by atoms with van der Waals surface area (Å²) < 4.78 is 3.19. The van der Waals surface area contributed by atoms with Gasteiger partial charge >= 0.3 is 0 Å². The van der Waals surface area contributed by atoms with E-state index in [9.17, 15) is 0 Å². The summed E-state index contributed by atoms with van der Waals surface area (Å²) >= 11 is 10.3. The van der Waals surface area contributed by atoms with Crippen molar-refractivity contribution in [3.05, 3.63) is 36.3 Å². The largest absolute Gasteiger partial charge is 0.324 e. The minimum atomic E-state index is -0.0244. The van der Waals surface area contributed by atoms with Gasteiger partial charge in [-0.15, -0.1) is 11.3 Å². The molecule has 2 aromatic heterocycles. The van der Waals surface area contributed by atoms with Crippen LogP contribution in [0.3, 0.4) is 0 Å². The van der Waals surface area contributed by atoms with Crippen LogP contribution >= 0.6 is 45.5 Å². The monoisotopic (exact) mass is 395 g/mol. The molecule has 18 heavy (non-hydrogen) atoms. The van der Waals surface area contributed by atoms with E-state index in [0.29, 0.717) is 0 Å². The highest BCUT2D eigenvalue weighted by atomic mass is 127. The minimum absolute atomic E-state index is 0.0244. The second-order valence-electron chi connectivity index (χ2n) is 4.16. The van der Waals surface area contributed by atoms with Gasteiger partial charge in [-0.3, -0.25) is 4.68 Å². The third-order valence-electron chi connectivity index (χ3n) is 2.88. The number of rotatable bonds is 4. The predicted octanol–water partition coefficient (Wildman–Crippen LogP) is 3.77. The van der Waals surface area contributed by atoms with Crippen LogP contribution in [0.15, 0.2) is 11.4 Å². The van der Waals surface area contributed by atoms with E-state index in [2.05, 4.69) is 46.1 Å². The highest BCUT2D eigenvalue weighted by molar-refractivity contribution is 14.1. The van der Waals surface area contributed by atoms with E-state index in [1.165, 1.54) is 8.45 Å². The number of nitrogens with two attached hydrogens (primary N) is 1. The van der Waals surface area contributed by atoms with Crippen molar-refractivity contribution in [1.82, 2.24) is 9.78 Å². The molecule has 0 bridgehead atoms. The summed E-state index contributed by atoms with van der Waals surface area (Å²) in [5.41, 5.74) is 9.32. The van der Waals surface area contributed by atoms with Gasteiger partial charge in [0.25, 0.3) is 0 Å². The molecular formula is C12H15ClIN3S. The minimum Gasteiger partial charge on any atom is -0.324 e. The lowest BCUT2D eigenvalue weighted by molar-refractivity contribution is 0.588. The fourth-order valence-electron chi connectivity index (χ4n) is 1.91. The van der Waals surface area contributed by atoms with Crippen LogP contribution in [0.2, 0.25) is 5.02 Å². The van der Waals surface area contributed by atoms with E-state index < -0.39 is 0 Å². The van der Waals surface area contributed by atoms with Crippen molar-refractivity contribution in [3.63, 3.8) is 0 Å². The van der Waals surface area contributed by atoms with Gasteiger partial charge in [0.05, 0.1) is 19.3 Å². The summed E-state index contributed by atoms with van der Waals surface area (Å²) in [6, 6.07) is 2.10. The van der Waals surface area contributed by atoms with Crippen LogP contribution in [-0.2, 0) is 13.0 Å². The van der Waals surface area contributed by atoms with Gasteiger partial charge in [0.15, 0.2) is 0 Å². The number of hydrogen-bond acceptors (Lipinski definition) is 3. The summed E-state index contributed by atoms with van der Waals surface area (Å²) in [4.78, 5) is 0. The molecule has 0 aromatic carbocycles. The topological polar surface area (TPSA) is 43.8 Å². The van der Waals surface area contributed by atoms with Crippen LogP contribution in [0.5, 0.6) is 0 Å². The molecule has 1 atom stereocenters. The first kappa shape index (κ1) is 14.3. The molecule has 0 aliphatic carbocycles. The maximum absolute atomic E-state index is 6.29. The quantitative estimate of drug-likeness (QED) is 0.801. The molecule has 2 heterocycles. The smallest absolute Gasteiger partial charge is 0.0847 e. The van der Waals surface area contributed by atoms with Crippen molar-refractivity contribution >= 4 is 45.5 Å². The van der Waals surface area contributed by atoms with E-state index in [1.54, 1.807) is 11.3 Å². The Kier molecular flexibility index (Phi) is 4.69. The number of hydrogen-bond donors (Lipinski definition) is 1. The van der Waals surface area contributed by atoms with Gasteiger partial charge in [0.1, 0.15) is 0 Å². The molecule has 6 heteroatoms. The van der Waals surface area contributed by atoms with E-state index >= 15 is 0 Å². The van der Waals surface area contributed by atoms with Gasteiger partial charge in [-0.25, -0.2) is 0 Å². The normalized spacial score (nSPS) is 12.9. The standard InChI is InChI=1S/C12H15ClIN3S/c1-3-17-10(12(13)7(2)16-17)5-9(15)8-4-11(14)18-6-8/h4,6,9H,3,5,15H2,1-2H3. The van der Waals surface area contributed by atoms with Crippen molar-refractivity contribution in [2.75, 3.05) is 0 Å². The van der Waals surface area contributed by atoms with Gasteiger partial charge in [0.2, 0.25) is 0 Å². The van der Waals surface area contributed by atoms with Gasteiger partial charge in [0, 0.05) is 19.0 Å². The van der Waals surface area contributed by atoms with Crippen molar-refractivity contribution < 1.29 is 0 Å². The Morgan fingerprint density at radius 2 is 2.33 bits per heavy atom. The van der Waals surface area contributed by atoms with Crippen molar-refractivity contribution in [2.24, 2.45) is 5.73 Å². The van der Waals surface area contributed by atoms with Gasteiger partial charge in [-0.05, 0) is 53.4 Å². The lowest BCUT2D eigenvalue weighted by Gasteiger charge is -2.11. The number of thiophene rings is 1. The Hall–Kier alpha value is -0.110. The average Bonchev–Trinajstić information content (AvgIpc) is 2.88. The molecule has 2 N–H and O–H groups in total. The molecular weight excluding hydrogens is 381 g/mol. The third-order valence-corrected chi connectivity index (χ3v) is 5.18. The molecule has 0 saturated carbocycles. The van der Waals surface area contributed by atoms with Gasteiger partial charge < -0.3 is 5.73 Å². The first-order chi connectivity index (χ1) is 8.52. The van der Waals surface area contributed by atoms with Crippen molar-refractivity contribution in [3.8, 4) is 0 Å². The lowest BCUT2D eigenvalue weighted by Crippen LogP contribution is -2.15. The van der Waals surface area contributed by atoms with Crippen molar-refractivity contribution in [1.29, 1.82) is 0 Å². The first-order valence-corrected chi connectivity index (χ1v) is 8.07. The zero-order valence-electron chi connectivity index (χ0n) is 10.3. The Morgan fingerprint density at radius 1 is 1.61 bits per heavy atom. The molecule has 0 saturated heterocycles. The van der Waals surface area contributed by atoms with Gasteiger partial charge in [-0.1, -0.05) is 11.6 Å². The Bertz CT molecular complexity index is 550. The molecule has 0 fully saturated rings. The summed E-state index contributed by atoms with van der Waals surface area (Å²) in [5.74, 6) is 0. The molecule has 2 rings (SSSR count). The van der Waals surface area contributed by atoms with Crippen LogP contribution in [0.4, 0.5) is 0 Å². The fraction of sp³-hybridized carbons (Fsp3) is 0.417. The Labute approximate surface area is 129 Å². The molecule has 0 amide bonds. The van der Waals surface area contributed by atoms with E-state index in [-0.39, 0.29) is 6.04 Å². The molecule has 1 unspecified atom stereocenters. The number of halogens is 2.